The van der Waals surface area contributed by atoms with E-state index in [-0.39, 0.29) is 13.2 Å². The largest absolute Gasteiger partial charge is 0.476 e. The smallest absolute Gasteiger partial charge is 0.287 e. The van der Waals surface area contributed by atoms with Crippen LogP contribution in [0.25, 0.3) is 0 Å². The first-order valence-electron chi connectivity index (χ1n) is 7.14. The minimum atomic E-state index is -3.67. The van der Waals surface area contributed by atoms with Gasteiger partial charge in [0.05, 0.1) is 19.3 Å². The van der Waals surface area contributed by atoms with E-state index in [1.807, 2.05) is 26.8 Å². The summed E-state index contributed by atoms with van der Waals surface area (Å²) >= 11 is 0. The van der Waals surface area contributed by atoms with Crippen molar-refractivity contribution in [2.75, 3.05) is 13.2 Å². The molecule has 5 nitrogen and oxygen atoms in total. The maximum absolute atomic E-state index is 12.2. The Morgan fingerprint density at radius 2 is 1.81 bits per heavy atom. The van der Waals surface area contributed by atoms with Gasteiger partial charge >= 0.3 is 7.82 Å². The SMILES string of the molecule is CCOP(=O)(OCC)OC(C#N)/C=C(/C)CCC=C(C)C. The van der Waals surface area contributed by atoms with Crippen LogP contribution in [0.4, 0.5) is 0 Å². The van der Waals surface area contributed by atoms with Gasteiger partial charge in [-0.1, -0.05) is 17.2 Å². The quantitative estimate of drug-likeness (QED) is 0.429. The number of hydrogen-bond donors (Lipinski definition) is 0. The molecule has 0 aliphatic heterocycles. The van der Waals surface area contributed by atoms with Crippen molar-refractivity contribution in [2.24, 2.45) is 0 Å². The van der Waals surface area contributed by atoms with Crippen LogP contribution < -0.4 is 0 Å². The van der Waals surface area contributed by atoms with Gasteiger partial charge in [-0.3, -0.25) is 13.6 Å². The Hall–Kier alpha value is -0.920. The molecule has 6 heteroatoms. The minimum absolute atomic E-state index is 0.193. The zero-order valence-electron chi connectivity index (χ0n) is 13.6. The predicted octanol–water partition coefficient (Wildman–Crippen LogP) is 4.77. The van der Waals surface area contributed by atoms with Crippen LogP contribution in [0.3, 0.4) is 0 Å². The third-order valence-corrected chi connectivity index (χ3v) is 4.11. The molecule has 0 fully saturated rings. The van der Waals surface area contributed by atoms with Crippen LogP contribution in [0.5, 0.6) is 0 Å². The fourth-order valence-corrected chi connectivity index (χ4v) is 2.79. The molecule has 0 N–H and O–H groups in total. The first kappa shape index (κ1) is 20.1. The number of nitrogens with zero attached hydrogens (tertiary/aromatic N) is 1. The lowest BCUT2D eigenvalue weighted by Crippen LogP contribution is -2.10. The maximum atomic E-state index is 12.2. The summed E-state index contributed by atoms with van der Waals surface area (Å²) < 4.78 is 27.5. The Labute approximate surface area is 128 Å². The van der Waals surface area contributed by atoms with Gasteiger partial charge in [-0.05, 0) is 53.5 Å². The molecule has 120 valence electrons. The summed E-state index contributed by atoms with van der Waals surface area (Å²) in [5.74, 6) is 0. The van der Waals surface area contributed by atoms with Gasteiger partial charge in [-0.2, -0.15) is 5.26 Å². The molecule has 0 saturated carbocycles. The van der Waals surface area contributed by atoms with E-state index in [0.717, 1.165) is 18.4 Å². The summed E-state index contributed by atoms with van der Waals surface area (Å²) in [7, 11) is -3.67. The Morgan fingerprint density at radius 3 is 2.24 bits per heavy atom. The molecule has 0 bridgehead atoms. The van der Waals surface area contributed by atoms with Crippen LogP contribution in [-0.4, -0.2) is 19.3 Å². The van der Waals surface area contributed by atoms with Crippen LogP contribution in [-0.2, 0) is 18.1 Å². The van der Waals surface area contributed by atoms with E-state index in [2.05, 4.69) is 6.08 Å². The highest BCUT2D eigenvalue weighted by molar-refractivity contribution is 7.48. The molecular weight excluding hydrogens is 289 g/mol. The summed E-state index contributed by atoms with van der Waals surface area (Å²) in [5, 5.41) is 9.12. The predicted molar refractivity (Wildman–Crippen MR) is 83.8 cm³/mol. The zero-order valence-corrected chi connectivity index (χ0v) is 14.5. The number of nitriles is 1. The highest BCUT2D eigenvalue weighted by Gasteiger charge is 2.29. The molecule has 0 aliphatic carbocycles. The molecule has 21 heavy (non-hydrogen) atoms. The van der Waals surface area contributed by atoms with E-state index in [0.29, 0.717) is 0 Å². The molecule has 0 radical (unpaired) electrons. The van der Waals surface area contributed by atoms with Crippen LogP contribution >= 0.6 is 7.82 Å². The second kappa shape index (κ2) is 10.8. The highest BCUT2D eigenvalue weighted by atomic mass is 31.2. The first-order chi connectivity index (χ1) is 9.86. The van der Waals surface area contributed by atoms with Crippen LogP contribution in [0.2, 0.25) is 0 Å². The van der Waals surface area contributed by atoms with E-state index in [1.165, 1.54) is 5.57 Å². The molecule has 1 atom stereocenters. The van der Waals surface area contributed by atoms with Crippen molar-refractivity contribution in [3.8, 4) is 6.07 Å². The molecule has 0 aromatic carbocycles. The standard InChI is InChI=1S/C15H26NO4P/c1-6-18-21(17,19-7-2)20-15(12-16)11-14(5)10-8-9-13(3)4/h9,11,15H,6-8,10H2,1-5H3/b14-11-. The monoisotopic (exact) mass is 315 g/mol. The van der Waals surface area contributed by atoms with Crippen molar-refractivity contribution in [3.05, 3.63) is 23.3 Å². The Bertz CT molecular complexity index is 437. The van der Waals surface area contributed by atoms with Gasteiger partial charge in [0.25, 0.3) is 0 Å². The molecule has 0 heterocycles. The third-order valence-electron chi connectivity index (χ3n) is 2.47. The van der Waals surface area contributed by atoms with Gasteiger partial charge in [0.15, 0.2) is 6.10 Å². The fourth-order valence-electron chi connectivity index (χ4n) is 1.57. The zero-order chi connectivity index (χ0) is 16.3. The number of phosphoric acid groups is 1. The molecule has 0 aliphatic rings. The van der Waals surface area contributed by atoms with Crippen molar-refractivity contribution < 1.29 is 18.1 Å². The van der Waals surface area contributed by atoms with Crippen LogP contribution in [0, 0.1) is 11.3 Å². The Kier molecular flexibility index (Phi) is 10.3. The van der Waals surface area contributed by atoms with Gasteiger partial charge in [-0.25, -0.2) is 4.57 Å². The molecule has 0 amide bonds. The number of phosphoric ester groups is 1. The highest BCUT2D eigenvalue weighted by Crippen LogP contribution is 2.50. The summed E-state index contributed by atoms with van der Waals surface area (Å²) in [6.45, 7) is 9.77. The topological polar surface area (TPSA) is 68.6 Å². The Balaban J connectivity index is 4.73. The normalized spacial score (nSPS) is 13.6. The summed E-state index contributed by atoms with van der Waals surface area (Å²) in [6.07, 6.45) is 4.56. The van der Waals surface area contributed by atoms with Crippen molar-refractivity contribution in [1.29, 1.82) is 5.26 Å². The van der Waals surface area contributed by atoms with Gasteiger partial charge < -0.3 is 0 Å². The molecular formula is C15H26NO4P. The lowest BCUT2D eigenvalue weighted by Gasteiger charge is -2.18. The van der Waals surface area contributed by atoms with Gasteiger partial charge in [0, 0.05) is 0 Å². The molecule has 0 spiro atoms. The molecule has 1 unspecified atom stereocenters. The van der Waals surface area contributed by atoms with Crippen molar-refractivity contribution in [3.63, 3.8) is 0 Å². The van der Waals surface area contributed by atoms with E-state index < -0.39 is 13.9 Å². The average Bonchev–Trinajstić information content (AvgIpc) is 2.37. The van der Waals surface area contributed by atoms with Crippen molar-refractivity contribution >= 4 is 7.82 Å². The molecule has 0 aromatic rings. The third kappa shape index (κ3) is 9.60. The minimum Gasteiger partial charge on any atom is -0.287 e. The van der Waals surface area contributed by atoms with E-state index in [4.69, 9.17) is 18.8 Å². The van der Waals surface area contributed by atoms with Crippen molar-refractivity contribution in [1.82, 2.24) is 0 Å². The average molecular weight is 315 g/mol. The molecule has 0 aromatic heterocycles. The maximum Gasteiger partial charge on any atom is 0.476 e. The summed E-state index contributed by atoms with van der Waals surface area (Å²) in [5.41, 5.74) is 2.26. The second-order valence-corrected chi connectivity index (χ2v) is 6.39. The first-order valence-corrected chi connectivity index (χ1v) is 8.60. The number of rotatable bonds is 10. The Morgan fingerprint density at radius 1 is 1.24 bits per heavy atom. The second-order valence-electron chi connectivity index (χ2n) is 4.77. The lowest BCUT2D eigenvalue weighted by molar-refractivity contribution is 0.115. The van der Waals surface area contributed by atoms with Crippen LogP contribution in [0.1, 0.15) is 47.5 Å². The fraction of sp³-hybridized carbons (Fsp3) is 0.667. The lowest BCUT2D eigenvalue weighted by atomic mass is 10.1. The van der Waals surface area contributed by atoms with E-state index >= 15 is 0 Å². The number of hydrogen-bond acceptors (Lipinski definition) is 5. The molecule has 0 rings (SSSR count). The molecule has 0 saturated heterocycles. The van der Waals surface area contributed by atoms with Gasteiger partial charge in [-0.15, -0.1) is 0 Å². The van der Waals surface area contributed by atoms with E-state index in [9.17, 15) is 4.57 Å². The van der Waals surface area contributed by atoms with E-state index in [1.54, 1.807) is 19.9 Å². The van der Waals surface area contributed by atoms with Crippen LogP contribution in [0.15, 0.2) is 23.3 Å². The number of allylic oxidation sites excluding steroid dienone is 3. The van der Waals surface area contributed by atoms with Crippen molar-refractivity contribution in [2.45, 2.75) is 53.6 Å². The summed E-state index contributed by atoms with van der Waals surface area (Å²) in [6, 6.07) is 1.96. The summed E-state index contributed by atoms with van der Waals surface area (Å²) in [4.78, 5) is 0. The van der Waals surface area contributed by atoms with Gasteiger partial charge in [0.2, 0.25) is 0 Å². The van der Waals surface area contributed by atoms with Gasteiger partial charge in [0.1, 0.15) is 0 Å².